The molecule has 0 spiro atoms. The van der Waals surface area contributed by atoms with E-state index in [0.29, 0.717) is 22.8 Å². The minimum Gasteiger partial charge on any atom is -0.394 e. The lowest BCUT2D eigenvalue weighted by atomic mass is 10.2. The van der Waals surface area contributed by atoms with Gasteiger partial charge in [-0.3, -0.25) is 0 Å². The van der Waals surface area contributed by atoms with E-state index >= 15 is 0 Å². The van der Waals surface area contributed by atoms with Crippen LogP contribution in [0.3, 0.4) is 0 Å². The molecule has 1 aliphatic rings. The van der Waals surface area contributed by atoms with E-state index in [-0.39, 0.29) is 12.6 Å². The zero-order chi connectivity index (χ0) is 18.8. The molecule has 0 bridgehead atoms. The second-order valence-electron chi connectivity index (χ2n) is 6.56. The average molecular weight is 363 g/mol. The molecule has 8 nitrogen and oxygen atoms in total. The number of anilines is 3. The number of nitriles is 1. The Hall–Kier alpha value is -3.18. The van der Waals surface area contributed by atoms with Gasteiger partial charge in [0.05, 0.1) is 30.6 Å². The van der Waals surface area contributed by atoms with Crippen molar-refractivity contribution in [3.8, 4) is 6.07 Å². The third-order valence-electron chi connectivity index (χ3n) is 4.89. The first kappa shape index (κ1) is 17.2. The molecule has 1 atom stereocenters. The highest BCUT2D eigenvalue weighted by atomic mass is 16.3. The van der Waals surface area contributed by atoms with Gasteiger partial charge in [-0.2, -0.15) is 15.2 Å². The van der Waals surface area contributed by atoms with E-state index in [4.69, 9.17) is 15.2 Å². The fourth-order valence-electron chi connectivity index (χ4n) is 3.47. The molecule has 1 saturated heterocycles. The third-order valence-corrected chi connectivity index (χ3v) is 4.89. The summed E-state index contributed by atoms with van der Waals surface area (Å²) in [7, 11) is 0. The van der Waals surface area contributed by atoms with Gasteiger partial charge in [0.15, 0.2) is 17.0 Å². The van der Waals surface area contributed by atoms with Crippen molar-refractivity contribution in [1.82, 2.24) is 19.5 Å². The monoisotopic (exact) mass is 363 g/mol. The molecular weight excluding hydrogens is 342 g/mol. The Labute approximate surface area is 157 Å². The van der Waals surface area contributed by atoms with Crippen LogP contribution in [-0.4, -0.2) is 43.8 Å². The molecule has 2 aromatic heterocycles. The molecule has 1 aliphatic heterocycles. The normalized spacial score (nSPS) is 16.6. The maximum absolute atomic E-state index is 9.67. The van der Waals surface area contributed by atoms with Gasteiger partial charge in [0.2, 0.25) is 5.95 Å². The van der Waals surface area contributed by atoms with E-state index < -0.39 is 0 Å². The zero-order valence-corrected chi connectivity index (χ0v) is 15.1. The number of hydrogen-bond donors (Lipinski definition) is 2. The van der Waals surface area contributed by atoms with Crippen molar-refractivity contribution in [3.63, 3.8) is 0 Å². The minimum absolute atomic E-state index is 0.0372. The summed E-state index contributed by atoms with van der Waals surface area (Å²) in [4.78, 5) is 16.0. The lowest BCUT2D eigenvalue weighted by Gasteiger charge is -2.23. The van der Waals surface area contributed by atoms with Crippen LogP contribution < -0.4 is 10.2 Å². The van der Waals surface area contributed by atoms with Gasteiger partial charge >= 0.3 is 0 Å². The number of aromatic nitrogens is 4. The van der Waals surface area contributed by atoms with Gasteiger partial charge in [-0.15, -0.1) is 0 Å². The summed E-state index contributed by atoms with van der Waals surface area (Å²) in [6.07, 6.45) is 3.69. The summed E-state index contributed by atoms with van der Waals surface area (Å²) in [6, 6.07) is 9.43. The number of fused-ring (bicyclic) bond motifs is 1. The van der Waals surface area contributed by atoms with E-state index in [2.05, 4.69) is 21.3 Å². The lowest BCUT2D eigenvalue weighted by molar-refractivity contribution is 0.265. The molecule has 0 radical (unpaired) electrons. The number of benzene rings is 1. The standard InChI is InChI=1S/C19H21N7O/c1-2-25-12-21-16-17(22-14-6-3-5-13(9-14)10-20)23-19(24-18(16)25)26-8-4-7-15(26)11-27/h3,5-6,9,12,15,27H,2,4,7-8,11H2,1H3,(H,22,23,24)/t15-/m0/s1. The molecule has 8 heteroatoms. The smallest absolute Gasteiger partial charge is 0.229 e. The molecule has 1 aromatic carbocycles. The molecular formula is C19H21N7O. The van der Waals surface area contributed by atoms with Crippen molar-refractivity contribution < 1.29 is 5.11 Å². The van der Waals surface area contributed by atoms with Crippen molar-refractivity contribution in [2.75, 3.05) is 23.4 Å². The van der Waals surface area contributed by atoms with Crippen molar-refractivity contribution >= 4 is 28.6 Å². The summed E-state index contributed by atoms with van der Waals surface area (Å²) in [6.45, 7) is 3.69. The highest BCUT2D eigenvalue weighted by molar-refractivity contribution is 5.86. The topological polar surface area (TPSA) is 103 Å². The van der Waals surface area contributed by atoms with Gasteiger partial charge in [0.1, 0.15) is 0 Å². The van der Waals surface area contributed by atoms with E-state index in [0.717, 1.165) is 37.3 Å². The van der Waals surface area contributed by atoms with Crippen LogP contribution in [0.2, 0.25) is 0 Å². The minimum atomic E-state index is 0.0372. The number of nitrogens with one attached hydrogen (secondary N) is 1. The molecule has 138 valence electrons. The van der Waals surface area contributed by atoms with Crippen molar-refractivity contribution in [2.45, 2.75) is 32.4 Å². The Morgan fingerprint density at radius 1 is 1.37 bits per heavy atom. The summed E-state index contributed by atoms with van der Waals surface area (Å²) < 4.78 is 1.97. The van der Waals surface area contributed by atoms with Gasteiger partial charge < -0.3 is 19.9 Å². The molecule has 0 amide bonds. The van der Waals surface area contributed by atoms with Gasteiger partial charge in [-0.05, 0) is 38.0 Å². The van der Waals surface area contributed by atoms with Gasteiger partial charge in [0.25, 0.3) is 0 Å². The van der Waals surface area contributed by atoms with Crippen molar-refractivity contribution in [2.24, 2.45) is 0 Å². The summed E-state index contributed by atoms with van der Waals surface area (Å²) >= 11 is 0. The SMILES string of the molecule is CCn1cnc2c(Nc3cccc(C#N)c3)nc(N3CCC[C@H]3CO)nc21. The summed E-state index contributed by atoms with van der Waals surface area (Å²) in [5.41, 5.74) is 2.78. The Balaban J connectivity index is 1.80. The van der Waals surface area contributed by atoms with E-state index in [1.807, 2.05) is 23.6 Å². The van der Waals surface area contributed by atoms with E-state index in [1.165, 1.54) is 0 Å². The first-order chi connectivity index (χ1) is 13.2. The number of aryl methyl sites for hydroxylation is 1. The van der Waals surface area contributed by atoms with Crippen LogP contribution in [0, 0.1) is 11.3 Å². The number of nitrogens with zero attached hydrogens (tertiary/aromatic N) is 6. The van der Waals surface area contributed by atoms with Gasteiger partial charge in [-0.25, -0.2) is 4.98 Å². The first-order valence-corrected chi connectivity index (χ1v) is 9.11. The van der Waals surface area contributed by atoms with Crippen LogP contribution in [0.4, 0.5) is 17.5 Å². The average Bonchev–Trinajstić information content (AvgIpc) is 3.34. The Morgan fingerprint density at radius 3 is 3.04 bits per heavy atom. The van der Waals surface area contributed by atoms with Crippen LogP contribution in [0.25, 0.3) is 11.2 Å². The molecule has 0 aliphatic carbocycles. The van der Waals surface area contributed by atoms with Gasteiger partial charge in [0, 0.05) is 18.8 Å². The van der Waals surface area contributed by atoms with Crippen LogP contribution in [0.15, 0.2) is 30.6 Å². The molecule has 2 N–H and O–H groups in total. The number of hydrogen-bond acceptors (Lipinski definition) is 7. The molecule has 0 saturated carbocycles. The maximum Gasteiger partial charge on any atom is 0.229 e. The zero-order valence-electron chi connectivity index (χ0n) is 15.1. The van der Waals surface area contributed by atoms with Crippen molar-refractivity contribution in [1.29, 1.82) is 5.26 Å². The maximum atomic E-state index is 9.67. The Kier molecular flexibility index (Phi) is 4.60. The van der Waals surface area contributed by atoms with Crippen molar-refractivity contribution in [3.05, 3.63) is 36.2 Å². The predicted molar refractivity (Wildman–Crippen MR) is 103 cm³/mol. The number of imidazole rings is 1. The highest BCUT2D eigenvalue weighted by Gasteiger charge is 2.27. The Morgan fingerprint density at radius 2 is 2.26 bits per heavy atom. The molecule has 1 fully saturated rings. The van der Waals surface area contributed by atoms with Crippen LogP contribution in [-0.2, 0) is 6.54 Å². The Bertz CT molecular complexity index is 1010. The predicted octanol–water partition coefficient (Wildman–Crippen LogP) is 2.42. The third kappa shape index (κ3) is 3.17. The van der Waals surface area contributed by atoms with Gasteiger partial charge in [-0.1, -0.05) is 6.07 Å². The molecule has 3 heterocycles. The molecule has 27 heavy (non-hydrogen) atoms. The quantitative estimate of drug-likeness (QED) is 0.717. The molecule has 4 rings (SSSR count). The summed E-state index contributed by atoms with van der Waals surface area (Å²) in [5.74, 6) is 1.19. The second kappa shape index (κ2) is 7.21. The molecule has 3 aromatic rings. The van der Waals surface area contributed by atoms with Crippen LogP contribution in [0.5, 0.6) is 0 Å². The molecule has 0 unspecified atom stereocenters. The number of aliphatic hydroxyl groups excluding tert-OH is 1. The highest BCUT2D eigenvalue weighted by Crippen LogP contribution is 2.29. The van der Waals surface area contributed by atoms with Crippen LogP contribution >= 0.6 is 0 Å². The van der Waals surface area contributed by atoms with Crippen LogP contribution in [0.1, 0.15) is 25.3 Å². The number of aliphatic hydroxyl groups is 1. The first-order valence-electron chi connectivity index (χ1n) is 9.11. The fraction of sp³-hybridized carbons (Fsp3) is 0.368. The largest absolute Gasteiger partial charge is 0.394 e. The fourth-order valence-corrected chi connectivity index (χ4v) is 3.47. The second-order valence-corrected chi connectivity index (χ2v) is 6.56. The van der Waals surface area contributed by atoms with E-state index in [1.54, 1.807) is 18.5 Å². The lowest BCUT2D eigenvalue weighted by Crippen LogP contribution is -2.33. The summed E-state index contributed by atoms with van der Waals surface area (Å²) in [5, 5.41) is 22.1. The number of rotatable bonds is 5. The van der Waals surface area contributed by atoms with E-state index in [9.17, 15) is 5.11 Å².